The van der Waals surface area contributed by atoms with Crippen molar-refractivity contribution < 1.29 is 24.2 Å². The van der Waals surface area contributed by atoms with Crippen LogP contribution in [0, 0.1) is 6.92 Å². The molecule has 0 unspecified atom stereocenters. The summed E-state index contributed by atoms with van der Waals surface area (Å²) in [6, 6.07) is 11.3. The van der Waals surface area contributed by atoms with Gasteiger partial charge in [0.1, 0.15) is 11.3 Å². The Hall–Kier alpha value is -3.35. The molecule has 2 aromatic rings. The lowest BCUT2D eigenvalue weighted by Crippen LogP contribution is -2.41. The van der Waals surface area contributed by atoms with E-state index in [4.69, 9.17) is 4.74 Å². The summed E-state index contributed by atoms with van der Waals surface area (Å²) in [7, 11) is 0. The molecule has 0 fully saturated rings. The van der Waals surface area contributed by atoms with E-state index in [1.165, 1.54) is 11.0 Å². The van der Waals surface area contributed by atoms with Crippen molar-refractivity contribution in [1.82, 2.24) is 0 Å². The van der Waals surface area contributed by atoms with Gasteiger partial charge in [-0.25, -0.2) is 4.79 Å². The van der Waals surface area contributed by atoms with Gasteiger partial charge in [-0.1, -0.05) is 24.3 Å². The number of hydrogen-bond acceptors (Lipinski definition) is 5. The fraction of sp³-hybridized carbons (Fsp3) is 0.250. The minimum absolute atomic E-state index is 0.00367. The number of carbonyl (C=O) groups excluding carboxylic acids is 3. The third-order valence-corrected chi connectivity index (χ3v) is 4.41. The first kappa shape index (κ1) is 18.4. The molecule has 0 radical (unpaired) electrons. The van der Waals surface area contributed by atoms with Crippen LogP contribution in [-0.4, -0.2) is 35.5 Å². The van der Waals surface area contributed by atoms with Crippen LogP contribution in [0.2, 0.25) is 0 Å². The lowest BCUT2D eigenvalue weighted by molar-refractivity contribution is -0.122. The van der Waals surface area contributed by atoms with E-state index in [2.05, 4.69) is 5.32 Å². The van der Waals surface area contributed by atoms with Gasteiger partial charge in [0, 0.05) is 12.5 Å². The maximum Gasteiger partial charge on any atom is 0.342 e. The average Bonchev–Trinajstić information content (AvgIpc) is 2.76. The number of phenolic OH excluding ortho intramolecular Hbond substituents is 1. The molecule has 1 heterocycles. The summed E-state index contributed by atoms with van der Waals surface area (Å²) in [6.45, 7) is 2.92. The second-order valence-corrected chi connectivity index (χ2v) is 6.43. The molecule has 7 heteroatoms. The number of aryl methyl sites for hydroxylation is 1. The molecule has 1 atom stereocenters. The summed E-state index contributed by atoms with van der Waals surface area (Å²) < 4.78 is 5.11. The second-order valence-electron chi connectivity index (χ2n) is 6.43. The maximum absolute atomic E-state index is 12.8. The zero-order chi connectivity index (χ0) is 19.6. The van der Waals surface area contributed by atoms with Crippen molar-refractivity contribution in [3.05, 3.63) is 53.6 Å². The van der Waals surface area contributed by atoms with Crippen LogP contribution in [0.25, 0.3) is 0 Å². The number of rotatable bonds is 3. The van der Waals surface area contributed by atoms with E-state index in [0.717, 1.165) is 0 Å². The molecule has 0 aromatic heterocycles. The standard InChI is InChI=1S/C20H20N2O5/c1-12-6-5-7-14(19(12)25)20(26)27-11-18(24)22-13(2)10-17(23)21-15-8-3-4-9-16(15)22/h3-9,13,25H,10-11H2,1-2H3,(H,21,23)/t13-/m0/s1. The lowest BCUT2D eigenvalue weighted by atomic mass is 10.1. The number of benzene rings is 2. The summed E-state index contributed by atoms with van der Waals surface area (Å²) in [6.07, 6.45) is 0.132. The van der Waals surface area contributed by atoms with E-state index in [9.17, 15) is 19.5 Å². The highest BCUT2D eigenvalue weighted by atomic mass is 16.5. The predicted molar refractivity (Wildman–Crippen MR) is 99.8 cm³/mol. The van der Waals surface area contributed by atoms with Gasteiger partial charge < -0.3 is 20.1 Å². The van der Waals surface area contributed by atoms with Gasteiger partial charge in [-0.2, -0.15) is 0 Å². The van der Waals surface area contributed by atoms with Gasteiger partial charge in [-0.05, 0) is 37.6 Å². The fourth-order valence-corrected chi connectivity index (χ4v) is 3.07. The number of hydrogen-bond donors (Lipinski definition) is 2. The van der Waals surface area contributed by atoms with Crippen LogP contribution < -0.4 is 10.2 Å². The predicted octanol–water partition coefficient (Wildman–Crippen LogP) is 2.62. The minimum Gasteiger partial charge on any atom is -0.507 e. The Labute approximate surface area is 156 Å². The monoisotopic (exact) mass is 368 g/mol. The molecule has 0 spiro atoms. The molecule has 2 amide bonds. The molecule has 0 bridgehead atoms. The number of ether oxygens (including phenoxy) is 1. The topological polar surface area (TPSA) is 95.9 Å². The van der Waals surface area contributed by atoms with Crippen molar-refractivity contribution in [3.63, 3.8) is 0 Å². The van der Waals surface area contributed by atoms with Gasteiger partial charge in [0.05, 0.1) is 11.4 Å². The first-order chi connectivity index (χ1) is 12.9. The van der Waals surface area contributed by atoms with E-state index in [1.54, 1.807) is 50.2 Å². The van der Waals surface area contributed by atoms with Crippen molar-refractivity contribution in [2.75, 3.05) is 16.8 Å². The smallest absolute Gasteiger partial charge is 0.342 e. The van der Waals surface area contributed by atoms with E-state index in [-0.39, 0.29) is 23.6 Å². The molecule has 1 aliphatic heterocycles. The van der Waals surface area contributed by atoms with Crippen molar-refractivity contribution in [1.29, 1.82) is 0 Å². The number of nitrogens with one attached hydrogen (secondary N) is 1. The van der Waals surface area contributed by atoms with E-state index >= 15 is 0 Å². The largest absolute Gasteiger partial charge is 0.507 e. The van der Waals surface area contributed by atoms with Crippen LogP contribution in [0.1, 0.15) is 29.3 Å². The highest BCUT2D eigenvalue weighted by molar-refractivity contribution is 6.05. The molecular formula is C20H20N2O5. The zero-order valence-corrected chi connectivity index (χ0v) is 15.1. The lowest BCUT2D eigenvalue weighted by Gasteiger charge is -2.27. The highest BCUT2D eigenvalue weighted by Gasteiger charge is 2.30. The summed E-state index contributed by atoms with van der Waals surface area (Å²) in [5.41, 5.74) is 1.62. The van der Waals surface area contributed by atoms with Gasteiger partial charge in [0.25, 0.3) is 5.91 Å². The number of phenols is 1. The van der Waals surface area contributed by atoms with E-state index < -0.39 is 24.5 Å². The molecule has 0 saturated carbocycles. The van der Waals surface area contributed by atoms with Crippen molar-refractivity contribution >= 4 is 29.2 Å². The van der Waals surface area contributed by atoms with Gasteiger partial charge in [0.15, 0.2) is 6.61 Å². The normalized spacial score (nSPS) is 16.1. The first-order valence-electron chi connectivity index (χ1n) is 8.55. The average molecular weight is 368 g/mol. The Morgan fingerprint density at radius 2 is 1.96 bits per heavy atom. The Balaban J connectivity index is 1.78. The first-order valence-corrected chi connectivity index (χ1v) is 8.55. The number of nitrogens with zero attached hydrogens (tertiary/aromatic N) is 1. The Morgan fingerprint density at radius 1 is 1.22 bits per heavy atom. The summed E-state index contributed by atoms with van der Waals surface area (Å²) in [5.74, 6) is -1.59. The minimum atomic E-state index is -0.783. The van der Waals surface area contributed by atoms with Crippen LogP contribution in [-0.2, 0) is 14.3 Å². The van der Waals surface area contributed by atoms with Crippen LogP contribution in [0.15, 0.2) is 42.5 Å². The number of esters is 1. The summed E-state index contributed by atoms with van der Waals surface area (Å²) in [4.78, 5) is 38.4. The summed E-state index contributed by atoms with van der Waals surface area (Å²) >= 11 is 0. The van der Waals surface area contributed by atoms with E-state index in [0.29, 0.717) is 16.9 Å². The molecule has 140 valence electrons. The number of amides is 2. The Bertz CT molecular complexity index is 909. The molecule has 0 saturated heterocycles. The highest BCUT2D eigenvalue weighted by Crippen LogP contribution is 2.31. The maximum atomic E-state index is 12.8. The fourth-order valence-electron chi connectivity index (χ4n) is 3.07. The van der Waals surface area contributed by atoms with Gasteiger partial charge in [-0.3, -0.25) is 9.59 Å². The molecule has 2 N–H and O–H groups in total. The molecule has 1 aliphatic rings. The molecule has 0 aliphatic carbocycles. The number of carbonyl (C=O) groups is 3. The SMILES string of the molecule is Cc1cccc(C(=O)OCC(=O)N2c3ccccc3NC(=O)C[C@@H]2C)c1O. The van der Waals surface area contributed by atoms with Crippen LogP contribution in [0.3, 0.4) is 0 Å². The molecule has 7 nitrogen and oxygen atoms in total. The quantitative estimate of drug-likeness (QED) is 0.812. The Morgan fingerprint density at radius 3 is 2.74 bits per heavy atom. The number of para-hydroxylation sites is 3. The van der Waals surface area contributed by atoms with Crippen molar-refractivity contribution in [3.8, 4) is 5.75 Å². The zero-order valence-electron chi connectivity index (χ0n) is 15.1. The van der Waals surface area contributed by atoms with E-state index in [1.807, 2.05) is 0 Å². The number of anilines is 2. The molecule has 27 heavy (non-hydrogen) atoms. The van der Waals surface area contributed by atoms with Crippen LogP contribution in [0.5, 0.6) is 5.75 Å². The van der Waals surface area contributed by atoms with Crippen LogP contribution in [0.4, 0.5) is 11.4 Å². The van der Waals surface area contributed by atoms with Gasteiger partial charge in [-0.15, -0.1) is 0 Å². The number of aromatic hydroxyl groups is 1. The van der Waals surface area contributed by atoms with Crippen molar-refractivity contribution in [2.24, 2.45) is 0 Å². The van der Waals surface area contributed by atoms with Crippen molar-refractivity contribution in [2.45, 2.75) is 26.3 Å². The van der Waals surface area contributed by atoms with Crippen LogP contribution >= 0.6 is 0 Å². The molecular weight excluding hydrogens is 348 g/mol. The third kappa shape index (κ3) is 3.76. The molecule has 3 rings (SSSR count). The summed E-state index contributed by atoms with van der Waals surface area (Å²) in [5, 5.41) is 12.7. The second kappa shape index (κ2) is 7.49. The van der Waals surface area contributed by atoms with Gasteiger partial charge >= 0.3 is 5.97 Å². The number of fused-ring (bicyclic) bond motifs is 1. The molecule has 2 aromatic carbocycles. The van der Waals surface area contributed by atoms with Gasteiger partial charge in [0.2, 0.25) is 5.91 Å². The Kier molecular flexibility index (Phi) is 5.12. The third-order valence-electron chi connectivity index (χ3n) is 4.41.